The Morgan fingerprint density at radius 2 is 1.89 bits per heavy atom. The maximum Gasteiger partial charge on any atom is 0.258 e. The van der Waals surface area contributed by atoms with Crippen LogP contribution in [0.5, 0.6) is 0 Å². The lowest BCUT2D eigenvalue weighted by atomic mass is 9.89. The molecule has 8 nitrogen and oxygen atoms in total. The molecule has 3 saturated heterocycles. The molecule has 0 aliphatic carbocycles. The number of aldehydes is 1. The normalized spacial score (nSPS) is 23.0. The third kappa shape index (κ3) is 9.48. The molecule has 1 N–H and O–H groups in total. The molecule has 3 atom stereocenters. The molecule has 0 aromatic carbocycles. The van der Waals surface area contributed by atoms with Crippen molar-refractivity contribution < 1.29 is 9.59 Å². The molecule has 3 unspecified atom stereocenters. The highest BCUT2D eigenvalue weighted by atomic mass is 35.5. The summed E-state index contributed by atoms with van der Waals surface area (Å²) in [6, 6.07) is 2.84. The lowest BCUT2D eigenvalue weighted by Gasteiger charge is -2.42. The summed E-state index contributed by atoms with van der Waals surface area (Å²) in [6.07, 6.45) is 15.4. The molecule has 47 heavy (non-hydrogen) atoms. The summed E-state index contributed by atoms with van der Waals surface area (Å²) in [5.41, 5.74) is 3.21. The van der Waals surface area contributed by atoms with Gasteiger partial charge in [0.05, 0.1) is 16.3 Å². The van der Waals surface area contributed by atoms with Crippen LogP contribution >= 0.6 is 23.2 Å². The summed E-state index contributed by atoms with van der Waals surface area (Å²) in [5.74, 6) is 1.52. The van der Waals surface area contributed by atoms with Crippen molar-refractivity contribution in [2.24, 2.45) is 16.8 Å². The second-order valence-corrected chi connectivity index (χ2v) is 14.2. The molecule has 0 spiro atoms. The fourth-order valence-corrected chi connectivity index (χ4v) is 7.87. The van der Waals surface area contributed by atoms with Gasteiger partial charge in [0.25, 0.3) is 5.91 Å². The second-order valence-electron chi connectivity index (χ2n) is 13.4. The van der Waals surface area contributed by atoms with E-state index in [1.54, 1.807) is 19.2 Å². The number of anilines is 1. The number of likely N-dealkylation sites (tertiary alicyclic amines) is 2. The summed E-state index contributed by atoms with van der Waals surface area (Å²) in [4.78, 5) is 41.4. The van der Waals surface area contributed by atoms with Gasteiger partial charge >= 0.3 is 0 Å². The summed E-state index contributed by atoms with van der Waals surface area (Å²) in [5, 5.41) is 4.01. The van der Waals surface area contributed by atoms with Gasteiger partial charge in [0.15, 0.2) is 0 Å². The highest BCUT2D eigenvalue weighted by Gasteiger charge is 2.41. The Hall–Kier alpha value is -2.68. The van der Waals surface area contributed by atoms with E-state index in [0.717, 1.165) is 49.2 Å². The number of hydrogen-bond acceptors (Lipinski definition) is 7. The van der Waals surface area contributed by atoms with Crippen molar-refractivity contribution in [2.75, 3.05) is 37.6 Å². The van der Waals surface area contributed by atoms with Crippen molar-refractivity contribution in [2.45, 2.75) is 105 Å². The van der Waals surface area contributed by atoms with Gasteiger partial charge in [0, 0.05) is 61.1 Å². The van der Waals surface area contributed by atoms with Crippen molar-refractivity contribution >= 4 is 47.0 Å². The average molecular weight is 686 g/mol. The number of carbonyl (C=O) groups excluding carboxylic acids is 2. The van der Waals surface area contributed by atoms with E-state index in [1.165, 1.54) is 45.1 Å². The Bertz CT molecular complexity index is 1380. The topological polar surface area (TPSA) is 81.1 Å². The van der Waals surface area contributed by atoms with Gasteiger partial charge in [-0.2, -0.15) is 0 Å². The highest BCUT2D eigenvalue weighted by molar-refractivity contribution is 6.33. The van der Waals surface area contributed by atoms with Crippen molar-refractivity contribution in [3.05, 3.63) is 57.0 Å². The number of nitrogens with one attached hydrogen (secondary N) is 1. The fourth-order valence-electron chi connectivity index (χ4n) is 7.42. The van der Waals surface area contributed by atoms with E-state index in [9.17, 15) is 9.59 Å². The summed E-state index contributed by atoms with van der Waals surface area (Å²) in [7, 11) is 0. The van der Waals surface area contributed by atoms with Crippen LogP contribution in [0.2, 0.25) is 5.02 Å². The minimum atomic E-state index is -0.322. The van der Waals surface area contributed by atoms with E-state index in [1.807, 2.05) is 26.0 Å². The first-order valence-electron chi connectivity index (χ1n) is 17.5. The molecule has 0 radical (unpaired) electrons. The van der Waals surface area contributed by atoms with E-state index in [0.29, 0.717) is 58.4 Å². The van der Waals surface area contributed by atoms with E-state index < -0.39 is 0 Å². The maximum atomic E-state index is 13.3. The number of aliphatic imine (C=N–C) groups is 1. The lowest BCUT2D eigenvalue weighted by Crippen LogP contribution is -2.50. The van der Waals surface area contributed by atoms with Crippen LogP contribution in [0, 0.1) is 11.8 Å². The molecule has 4 heterocycles. The Kier molecular flexibility index (Phi) is 13.9. The highest BCUT2D eigenvalue weighted by Crippen LogP contribution is 2.36. The Morgan fingerprint density at radius 3 is 2.53 bits per heavy atom. The Morgan fingerprint density at radius 1 is 1.15 bits per heavy atom. The molecule has 3 aliphatic heterocycles. The van der Waals surface area contributed by atoms with Crippen LogP contribution < -0.4 is 10.2 Å². The molecule has 1 aromatic rings. The number of fused-ring (bicyclic) bond motifs is 1. The van der Waals surface area contributed by atoms with Gasteiger partial charge in [0.1, 0.15) is 17.9 Å². The molecule has 1 aromatic heterocycles. The minimum Gasteiger partial charge on any atom is -0.371 e. The third-order valence-electron chi connectivity index (χ3n) is 10.2. The maximum absolute atomic E-state index is 13.3. The number of aromatic nitrogens is 1. The number of amides is 1. The van der Waals surface area contributed by atoms with Crippen molar-refractivity contribution in [3.63, 3.8) is 0 Å². The molecular weight excluding hydrogens is 631 g/mol. The van der Waals surface area contributed by atoms with E-state index >= 15 is 0 Å². The SMILES string of the molecule is C\C=C(Cl)/C=C(C)/C(N=C(C)NC(=O)c1cnc(N2CCC(C=O)CC2)c(Cl)c1)=C(/C)N1CC2CCCN(C(CC)CCCC)C2C1. The number of amidine groups is 1. The summed E-state index contributed by atoms with van der Waals surface area (Å²) >= 11 is 13.1. The van der Waals surface area contributed by atoms with Gasteiger partial charge in [-0.15, -0.1) is 0 Å². The minimum absolute atomic E-state index is 0.0840. The van der Waals surface area contributed by atoms with Gasteiger partial charge in [-0.05, 0) is 96.4 Å². The number of allylic oxidation sites excluding steroid dienone is 5. The van der Waals surface area contributed by atoms with Gasteiger partial charge < -0.3 is 19.9 Å². The van der Waals surface area contributed by atoms with Crippen LogP contribution in [0.4, 0.5) is 5.82 Å². The lowest BCUT2D eigenvalue weighted by molar-refractivity contribution is -0.111. The van der Waals surface area contributed by atoms with Crippen LogP contribution in [0.1, 0.15) is 103 Å². The standard InChI is InChI=1S/C37H54Cl2N6O2/c1-7-10-13-32(9-3)45-16-11-12-29-22-44(23-34(29)45)26(5)35(25(4)19-31(38)8-2)41-27(6)42-37(47)30-20-33(39)36(40-21-30)43-17-14-28(24-46)15-18-43/h8,19-21,24,28-29,32,34H,7,9-18,22-23H2,1-6H3,(H,41,42,47)/b25-19+,31-8+,35-26+. The monoisotopic (exact) mass is 684 g/mol. The fraction of sp³-hybridized carbons (Fsp3) is 0.622. The molecule has 3 aliphatic rings. The van der Waals surface area contributed by atoms with Gasteiger partial charge in [0.2, 0.25) is 0 Å². The molecule has 10 heteroatoms. The van der Waals surface area contributed by atoms with E-state index in [-0.39, 0.29) is 11.8 Å². The first-order valence-corrected chi connectivity index (χ1v) is 18.3. The molecule has 3 fully saturated rings. The average Bonchev–Trinajstić information content (AvgIpc) is 3.52. The van der Waals surface area contributed by atoms with E-state index in [2.05, 4.69) is 45.8 Å². The number of unbranched alkanes of at least 4 members (excludes halogenated alkanes) is 1. The smallest absolute Gasteiger partial charge is 0.258 e. The first-order chi connectivity index (χ1) is 22.6. The quantitative estimate of drug-likeness (QED) is 0.104. The molecule has 0 saturated carbocycles. The molecule has 0 bridgehead atoms. The third-order valence-corrected chi connectivity index (χ3v) is 10.8. The predicted octanol–water partition coefficient (Wildman–Crippen LogP) is 7.98. The number of nitrogens with zero attached hydrogens (tertiary/aromatic N) is 5. The largest absolute Gasteiger partial charge is 0.371 e. The number of carbonyl (C=O) groups is 2. The second kappa shape index (κ2) is 17.6. The van der Waals surface area contributed by atoms with Crippen LogP contribution in [0.3, 0.4) is 0 Å². The summed E-state index contributed by atoms with van der Waals surface area (Å²) in [6.45, 7) is 17.1. The number of halogens is 2. The zero-order valence-corrected chi connectivity index (χ0v) is 30.7. The van der Waals surface area contributed by atoms with Crippen molar-refractivity contribution in [1.82, 2.24) is 20.1 Å². The van der Waals surface area contributed by atoms with Gasteiger partial charge in [-0.1, -0.05) is 56.0 Å². The number of pyridine rings is 1. The Labute approximate surface area is 292 Å². The van der Waals surface area contributed by atoms with Crippen LogP contribution in [0.25, 0.3) is 0 Å². The predicted molar refractivity (Wildman–Crippen MR) is 195 cm³/mol. The van der Waals surface area contributed by atoms with E-state index in [4.69, 9.17) is 28.2 Å². The van der Waals surface area contributed by atoms with Gasteiger partial charge in [-0.25, -0.2) is 9.98 Å². The molecular formula is C37H54Cl2N6O2. The van der Waals surface area contributed by atoms with Crippen molar-refractivity contribution in [1.29, 1.82) is 0 Å². The van der Waals surface area contributed by atoms with Crippen molar-refractivity contribution in [3.8, 4) is 0 Å². The van der Waals surface area contributed by atoms with Gasteiger partial charge in [-0.3, -0.25) is 9.69 Å². The molecule has 1 amide bonds. The van der Waals surface area contributed by atoms with Crippen LogP contribution in [0.15, 0.2) is 51.4 Å². The zero-order valence-electron chi connectivity index (χ0n) is 29.2. The number of rotatable bonds is 12. The molecule has 4 rings (SSSR count). The number of piperidine rings is 2. The summed E-state index contributed by atoms with van der Waals surface area (Å²) < 4.78 is 0. The number of hydrogen-bond donors (Lipinski definition) is 1. The Balaban J connectivity index is 1.54. The first kappa shape index (κ1) is 37.1. The van der Waals surface area contributed by atoms with Crippen LogP contribution in [-0.2, 0) is 4.79 Å². The van der Waals surface area contributed by atoms with Crippen LogP contribution in [-0.4, -0.2) is 77.6 Å². The zero-order chi connectivity index (χ0) is 34.1. The molecule has 258 valence electrons.